The highest BCUT2D eigenvalue weighted by Gasteiger charge is 2.40. The van der Waals surface area contributed by atoms with Gasteiger partial charge in [-0.2, -0.15) is 0 Å². The number of nitrogens with one attached hydrogen (secondary N) is 1. The van der Waals surface area contributed by atoms with Crippen LogP contribution in [-0.4, -0.2) is 45.1 Å². The summed E-state index contributed by atoms with van der Waals surface area (Å²) < 4.78 is 0. The molecular weight excluding hydrogens is 354 g/mol. The Morgan fingerprint density at radius 2 is 2.11 bits per heavy atom. The van der Waals surface area contributed by atoms with E-state index in [1.54, 1.807) is 23.5 Å². The second-order valence-corrected chi connectivity index (χ2v) is 7.00. The van der Waals surface area contributed by atoms with E-state index < -0.39 is 0 Å². The summed E-state index contributed by atoms with van der Waals surface area (Å²) in [5.74, 6) is 1.11. The number of carbonyl (C=O) groups excluding carboxylic acids is 1. The van der Waals surface area contributed by atoms with E-state index in [1.807, 2.05) is 25.1 Å². The summed E-state index contributed by atoms with van der Waals surface area (Å²) in [6, 6.07) is 7.84. The van der Waals surface area contributed by atoms with E-state index in [4.69, 9.17) is 4.98 Å². The van der Waals surface area contributed by atoms with Gasteiger partial charge in [0.1, 0.15) is 0 Å². The van der Waals surface area contributed by atoms with Crippen LogP contribution < -0.4 is 15.1 Å². The molecule has 1 N–H and O–H groups in total. The van der Waals surface area contributed by atoms with Gasteiger partial charge in [-0.05, 0) is 37.6 Å². The molecule has 0 aromatic carbocycles. The lowest BCUT2D eigenvalue weighted by molar-refractivity contribution is 0.254. The Hall–Kier alpha value is -3.55. The lowest BCUT2D eigenvalue weighted by Gasteiger charge is -2.35. The van der Waals surface area contributed by atoms with Crippen molar-refractivity contribution in [3.8, 4) is 11.3 Å². The van der Waals surface area contributed by atoms with Gasteiger partial charge in [0.2, 0.25) is 0 Å². The molecule has 8 heteroatoms. The monoisotopic (exact) mass is 373 g/mol. The number of hydrogen-bond acceptors (Lipinski definition) is 6. The number of fused-ring (bicyclic) bond motifs is 4. The molecule has 0 saturated carbocycles. The fourth-order valence-corrected chi connectivity index (χ4v) is 3.87. The number of carbonyl (C=O) groups is 1. The van der Waals surface area contributed by atoms with Crippen LogP contribution in [0.1, 0.15) is 12.1 Å². The van der Waals surface area contributed by atoms with Crippen molar-refractivity contribution in [1.82, 2.24) is 19.9 Å². The van der Waals surface area contributed by atoms with Crippen molar-refractivity contribution in [2.45, 2.75) is 19.4 Å². The molecule has 2 aliphatic rings. The average molecular weight is 373 g/mol. The molecule has 0 radical (unpaired) electrons. The molecule has 1 saturated heterocycles. The van der Waals surface area contributed by atoms with Crippen molar-refractivity contribution in [2.75, 3.05) is 28.2 Å². The van der Waals surface area contributed by atoms with E-state index in [9.17, 15) is 4.79 Å². The van der Waals surface area contributed by atoms with Crippen LogP contribution in [0, 0.1) is 6.92 Å². The summed E-state index contributed by atoms with van der Waals surface area (Å²) in [5, 5.41) is 2.85. The molecule has 1 fully saturated rings. The number of hydrogen-bond donors (Lipinski definition) is 1. The van der Waals surface area contributed by atoms with Crippen LogP contribution >= 0.6 is 0 Å². The summed E-state index contributed by atoms with van der Waals surface area (Å²) in [7, 11) is 0. The van der Waals surface area contributed by atoms with Crippen LogP contribution in [0.15, 0.2) is 49.1 Å². The Morgan fingerprint density at radius 3 is 2.93 bits per heavy atom. The lowest BCUT2D eigenvalue weighted by Crippen LogP contribution is -2.48. The first kappa shape index (κ1) is 16.6. The third-order valence-electron chi connectivity index (χ3n) is 5.16. The zero-order chi connectivity index (χ0) is 19.1. The van der Waals surface area contributed by atoms with Crippen LogP contribution in [0.2, 0.25) is 0 Å². The van der Waals surface area contributed by atoms with Gasteiger partial charge in [0.15, 0.2) is 11.6 Å². The van der Waals surface area contributed by atoms with Crippen molar-refractivity contribution in [3.05, 3.63) is 54.7 Å². The van der Waals surface area contributed by atoms with Gasteiger partial charge in [-0.1, -0.05) is 0 Å². The molecule has 5 rings (SSSR count). The van der Waals surface area contributed by atoms with Crippen molar-refractivity contribution >= 4 is 23.4 Å². The second-order valence-electron chi connectivity index (χ2n) is 7.00. The summed E-state index contributed by atoms with van der Waals surface area (Å²) in [4.78, 5) is 34.4. The number of nitrogens with zero attached hydrogens (tertiary/aromatic N) is 6. The van der Waals surface area contributed by atoms with E-state index in [0.717, 1.165) is 42.1 Å². The number of aromatic nitrogens is 4. The Bertz CT molecular complexity index is 1040. The molecule has 2 amide bonds. The van der Waals surface area contributed by atoms with Crippen LogP contribution in [-0.2, 0) is 0 Å². The highest BCUT2D eigenvalue weighted by atomic mass is 16.2. The van der Waals surface area contributed by atoms with Crippen molar-refractivity contribution < 1.29 is 4.79 Å². The molecule has 28 heavy (non-hydrogen) atoms. The quantitative estimate of drug-likeness (QED) is 0.743. The topological polar surface area (TPSA) is 87.1 Å². The zero-order valence-electron chi connectivity index (χ0n) is 15.4. The molecule has 5 heterocycles. The Morgan fingerprint density at radius 1 is 1.18 bits per heavy atom. The minimum absolute atomic E-state index is 0.0890. The SMILES string of the molecule is Cc1cc(-c2ccc3c(n2)N(C(=O)Nc2cnccn2)C2CCN3C2)ccn1. The minimum atomic E-state index is -0.233. The molecule has 8 nitrogen and oxygen atoms in total. The van der Waals surface area contributed by atoms with Gasteiger partial charge in [0, 0.05) is 42.9 Å². The zero-order valence-corrected chi connectivity index (χ0v) is 15.4. The molecule has 2 bridgehead atoms. The number of aryl methyl sites for hydroxylation is 1. The van der Waals surface area contributed by atoms with E-state index >= 15 is 0 Å². The number of pyridine rings is 2. The third-order valence-corrected chi connectivity index (χ3v) is 5.16. The highest BCUT2D eigenvalue weighted by Crippen LogP contribution is 2.40. The number of anilines is 3. The van der Waals surface area contributed by atoms with Crippen molar-refractivity contribution in [1.29, 1.82) is 0 Å². The van der Waals surface area contributed by atoms with Gasteiger partial charge >= 0.3 is 6.03 Å². The summed E-state index contributed by atoms with van der Waals surface area (Å²) in [5.41, 5.74) is 3.72. The fourth-order valence-electron chi connectivity index (χ4n) is 3.87. The van der Waals surface area contributed by atoms with E-state index in [-0.39, 0.29) is 12.1 Å². The lowest BCUT2D eigenvalue weighted by atomic mass is 10.1. The molecule has 0 spiro atoms. The Balaban J connectivity index is 1.54. The number of rotatable bonds is 2. The second kappa shape index (κ2) is 6.56. The van der Waals surface area contributed by atoms with Crippen LogP contribution in [0.4, 0.5) is 22.1 Å². The first-order chi connectivity index (χ1) is 13.7. The third kappa shape index (κ3) is 2.83. The largest absolute Gasteiger partial charge is 0.366 e. The number of urea groups is 1. The van der Waals surface area contributed by atoms with Crippen LogP contribution in [0.5, 0.6) is 0 Å². The molecule has 3 aromatic heterocycles. The molecule has 2 aliphatic heterocycles. The van der Waals surface area contributed by atoms with Gasteiger partial charge < -0.3 is 4.90 Å². The van der Waals surface area contributed by atoms with Crippen LogP contribution in [0.25, 0.3) is 11.3 Å². The average Bonchev–Trinajstić information content (AvgIpc) is 3.13. The normalized spacial score (nSPS) is 17.4. The van der Waals surface area contributed by atoms with Crippen molar-refractivity contribution in [3.63, 3.8) is 0 Å². The molecule has 0 aliphatic carbocycles. The van der Waals surface area contributed by atoms with E-state index in [0.29, 0.717) is 11.6 Å². The van der Waals surface area contributed by atoms with Gasteiger partial charge in [-0.25, -0.2) is 14.8 Å². The number of amides is 2. The molecule has 1 unspecified atom stereocenters. The minimum Gasteiger partial charge on any atom is -0.366 e. The van der Waals surface area contributed by atoms with Gasteiger partial charge in [0.25, 0.3) is 0 Å². The van der Waals surface area contributed by atoms with Crippen LogP contribution in [0.3, 0.4) is 0 Å². The first-order valence-electron chi connectivity index (χ1n) is 9.24. The summed E-state index contributed by atoms with van der Waals surface area (Å²) in [6.07, 6.45) is 7.35. The Kier molecular flexibility index (Phi) is 3.89. The maximum absolute atomic E-state index is 13.1. The van der Waals surface area contributed by atoms with Gasteiger partial charge in [0.05, 0.1) is 23.6 Å². The molecule has 3 aromatic rings. The van der Waals surface area contributed by atoms with E-state index in [1.165, 1.54) is 6.20 Å². The van der Waals surface area contributed by atoms with Crippen molar-refractivity contribution in [2.24, 2.45) is 0 Å². The Labute approximate surface area is 162 Å². The summed E-state index contributed by atoms with van der Waals surface area (Å²) in [6.45, 7) is 3.69. The molecular formula is C20H19N7O. The molecule has 140 valence electrons. The highest BCUT2D eigenvalue weighted by molar-refractivity contribution is 6.04. The van der Waals surface area contributed by atoms with E-state index in [2.05, 4.69) is 31.2 Å². The molecule has 1 atom stereocenters. The predicted octanol–water partition coefficient (Wildman–Crippen LogP) is 2.87. The smallest absolute Gasteiger partial charge is 0.329 e. The predicted molar refractivity (Wildman–Crippen MR) is 106 cm³/mol. The summed E-state index contributed by atoms with van der Waals surface area (Å²) >= 11 is 0. The maximum Gasteiger partial charge on any atom is 0.329 e. The van der Waals surface area contributed by atoms with Gasteiger partial charge in [-0.15, -0.1) is 0 Å². The standard InChI is InChI=1S/C20H19N7O/c1-13-10-14(4-6-22-13)16-2-3-17-19(24-16)27(15-5-9-26(17)12-15)20(28)25-18-11-21-7-8-23-18/h2-4,6-8,10-11,15H,5,9,12H2,1H3,(H,23,25,28). The first-order valence-corrected chi connectivity index (χ1v) is 9.24. The van der Waals surface area contributed by atoms with Gasteiger partial charge in [-0.3, -0.25) is 20.2 Å². The fraction of sp³-hybridized carbons (Fsp3) is 0.250. The maximum atomic E-state index is 13.1.